The van der Waals surface area contributed by atoms with Crippen LogP contribution in [0.15, 0.2) is 102 Å². The molecular weight excluding hydrogens is 653 g/mol. The number of phenolic OH excluding ortho intramolecular Hbond substituents is 1. The first kappa shape index (κ1) is 37.2. The molecule has 1 N–H and O–H groups in total. The molecule has 6 rings (SSSR count). The normalized spacial score (nSPS) is 12.8. The predicted octanol–water partition coefficient (Wildman–Crippen LogP) is 13.8. The van der Waals surface area contributed by atoms with Crippen LogP contribution in [0, 0.1) is 5.92 Å². The zero-order valence-electron chi connectivity index (χ0n) is 32.8. The second kappa shape index (κ2) is 14.1. The Bertz CT molecular complexity index is 2250. The standard InChI is InChI=1S/C48H54N2OS/c1-30(2)23-31-15-14-16-34(24-31)32-19-21-33(22-20-32)39-26-37(47(6,7)8)28-42-43(39)50-45(52-42)38-17-12-13-18-41(38)49-29-35-25-36(46(3,4)5)27-40(44(35)51)48(9,10)11/h12-22,24-30,51H,23H2,1-11H3. The SMILES string of the molecule is CC(C)Cc1cccc(-c2ccc(-c3cc(C(C)(C)C)cc4sc(-c5ccccc5N=Cc5cc(C(C)(C)C)cc(C(C)(C)C)c5O)nc34)cc2)c1. The van der Waals surface area contributed by atoms with Gasteiger partial charge in [-0.1, -0.05) is 143 Å². The third kappa shape index (κ3) is 8.08. The van der Waals surface area contributed by atoms with E-state index in [1.807, 2.05) is 24.4 Å². The van der Waals surface area contributed by atoms with Gasteiger partial charge in [-0.15, -0.1) is 11.3 Å². The molecule has 0 amide bonds. The van der Waals surface area contributed by atoms with E-state index in [-0.39, 0.29) is 22.0 Å². The highest BCUT2D eigenvalue weighted by atomic mass is 32.1. The number of aliphatic imine (C=N–C) groups is 1. The minimum absolute atomic E-state index is 0.0262. The summed E-state index contributed by atoms with van der Waals surface area (Å²) >= 11 is 1.71. The quantitative estimate of drug-likeness (QED) is 0.168. The largest absolute Gasteiger partial charge is 0.507 e. The molecule has 268 valence electrons. The Morgan fingerprint density at radius 3 is 1.98 bits per heavy atom. The lowest BCUT2D eigenvalue weighted by Gasteiger charge is -2.27. The number of aromatic nitrogens is 1. The summed E-state index contributed by atoms with van der Waals surface area (Å²) in [5.74, 6) is 0.910. The van der Waals surface area contributed by atoms with Gasteiger partial charge in [-0.25, -0.2) is 4.98 Å². The van der Waals surface area contributed by atoms with Crippen LogP contribution in [0.2, 0.25) is 0 Å². The smallest absolute Gasteiger partial charge is 0.128 e. The van der Waals surface area contributed by atoms with E-state index >= 15 is 0 Å². The number of nitrogens with zero attached hydrogens (tertiary/aromatic N) is 2. The van der Waals surface area contributed by atoms with E-state index in [1.165, 1.54) is 27.8 Å². The summed E-state index contributed by atoms with van der Waals surface area (Å²) < 4.78 is 1.16. The van der Waals surface area contributed by atoms with Crippen LogP contribution in [0.3, 0.4) is 0 Å². The second-order valence-corrected chi connectivity index (χ2v) is 18.8. The average molecular weight is 707 g/mol. The van der Waals surface area contributed by atoms with Gasteiger partial charge in [-0.2, -0.15) is 0 Å². The van der Waals surface area contributed by atoms with Crippen LogP contribution >= 0.6 is 11.3 Å². The van der Waals surface area contributed by atoms with Gasteiger partial charge in [0.1, 0.15) is 10.8 Å². The summed E-state index contributed by atoms with van der Waals surface area (Å²) in [7, 11) is 0. The molecule has 0 unspecified atom stereocenters. The minimum atomic E-state index is -0.213. The molecule has 0 saturated carbocycles. The van der Waals surface area contributed by atoms with Gasteiger partial charge < -0.3 is 5.11 Å². The zero-order valence-corrected chi connectivity index (χ0v) is 33.7. The van der Waals surface area contributed by atoms with Gasteiger partial charge in [0.2, 0.25) is 0 Å². The number of thiazole rings is 1. The summed E-state index contributed by atoms with van der Waals surface area (Å²) in [6, 6.07) is 34.9. The second-order valence-electron chi connectivity index (χ2n) is 17.8. The van der Waals surface area contributed by atoms with Crippen LogP contribution in [0.1, 0.15) is 104 Å². The van der Waals surface area contributed by atoms with E-state index in [2.05, 4.69) is 155 Å². The summed E-state index contributed by atoms with van der Waals surface area (Å²) in [5.41, 5.74) is 12.7. The van der Waals surface area contributed by atoms with Crippen molar-refractivity contribution in [2.45, 2.75) is 98.8 Å². The first-order valence-corrected chi connectivity index (χ1v) is 19.4. The summed E-state index contributed by atoms with van der Waals surface area (Å²) in [6.45, 7) is 24.4. The number of rotatable bonds is 7. The van der Waals surface area contributed by atoms with Crippen molar-refractivity contribution >= 4 is 33.5 Å². The number of hydrogen-bond donors (Lipinski definition) is 1. The maximum absolute atomic E-state index is 11.4. The lowest BCUT2D eigenvalue weighted by atomic mass is 9.79. The van der Waals surface area contributed by atoms with Gasteiger partial charge in [-0.05, 0) is 92.3 Å². The molecule has 3 nitrogen and oxygen atoms in total. The third-order valence-corrected chi connectivity index (χ3v) is 10.8. The van der Waals surface area contributed by atoms with Gasteiger partial charge >= 0.3 is 0 Å². The Hall–Kier alpha value is -4.54. The molecule has 0 aliphatic heterocycles. The topological polar surface area (TPSA) is 45.5 Å². The summed E-state index contributed by atoms with van der Waals surface area (Å²) in [6.07, 6.45) is 2.89. The number of fused-ring (bicyclic) bond motifs is 1. The molecule has 0 saturated heterocycles. The first-order chi connectivity index (χ1) is 24.4. The molecule has 0 aliphatic rings. The van der Waals surface area contributed by atoms with Crippen LogP contribution in [0.25, 0.3) is 43.0 Å². The fraction of sp³-hybridized carbons (Fsp3) is 0.333. The van der Waals surface area contributed by atoms with E-state index in [1.54, 1.807) is 11.3 Å². The van der Waals surface area contributed by atoms with Crippen LogP contribution in [0.4, 0.5) is 5.69 Å². The van der Waals surface area contributed by atoms with Gasteiger partial charge in [0.15, 0.2) is 0 Å². The van der Waals surface area contributed by atoms with Crippen molar-refractivity contribution in [3.8, 4) is 38.6 Å². The molecule has 0 atom stereocenters. The third-order valence-electron chi connectivity index (χ3n) is 9.75. The van der Waals surface area contributed by atoms with E-state index in [0.717, 1.165) is 55.1 Å². The van der Waals surface area contributed by atoms with Crippen LogP contribution in [-0.2, 0) is 22.7 Å². The molecular formula is C48H54N2OS. The van der Waals surface area contributed by atoms with E-state index in [9.17, 15) is 5.11 Å². The Balaban J connectivity index is 1.42. The Morgan fingerprint density at radius 1 is 0.673 bits per heavy atom. The molecule has 0 aliphatic carbocycles. The Labute approximate surface area is 315 Å². The maximum Gasteiger partial charge on any atom is 0.128 e. The lowest BCUT2D eigenvalue weighted by Crippen LogP contribution is -2.17. The van der Waals surface area contributed by atoms with Crippen molar-refractivity contribution in [1.29, 1.82) is 0 Å². The number of para-hydroxylation sites is 1. The zero-order chi connectivity index (χ0) is 37.6. The van der Waals surface area contributed by atoms with Crippen molar-refractivity contribution in [2.24, 2.45) is 10.9 Å². The monoisotopic (exact) mass is 706 g/mol. The molecule has 4 heteroatoms. The molecule has 0 fully saturated rings. The fourth-order valence-electron chi connectivity index (χ4n) is 6.66. The van der Waals surface area contributed by atoms with E-state index < -0.39 is 0 Å². The molecule has 1 aromatic heterocycles. The number of aromatic hydroxyl groups is 1. The van der Waals surface area contributed by atoms with Crippen molar-refractivity contribution in [3.05, 3.63) is 125 Å². The van der Waals surface area contributed by atoms with Crippen molar-refractivity contribution in [2.75, 3.05) is 0 Å². The Kier molecular flexibility index (Phi) is 10.1. The Morgan fingerprint density at radius 2 is 1.33 bits per heavy atom. The van der Waals surface area contributed by atoms with Crippen LogP contribution < -0.4 is 0 Å². The summed E-state index contributed by atoms with van der Waals surface area (Å²) in [5, 5.41) is 12.4. The molecule has 0 bridgehead atoms. The summed E-state index contributed by atoms with van der Waals surface area (Å²) in [4.78, 5) is 10.3. The average Bonchev–Trinajstić information content (AvgIpc) is 3.50. The highest BCUT2D eigenvalue weighted by Gasteiger charge is 2.25. The van der Waals surface area contributed by atoms with Gasteiger partial charge in [0.25, 0.3) is 0 Å². The highest BCUT2D eigenvalue weighted by molar-refractivity contribution is 7.21. The molecule has 52 heavy (non-hydrogen) atoms. The van der Waals surface area contributed by atoms with Gasteiger partial charge in [0.05, 0.1) is 15.9 Å². The van der Waals surface area contributed by atoms with E-state index in [0.29, 0.717) is 5.92 Å². The minimum Gasteiger partial charge on any atom is -0.507 e. The number of phenols is 1. The molecule has 1 heterocycles. The lowest BCUT2D eigenvalue weighted by molar-refractivity contribution is 0.444. The van der Waals surface area contributed by atoms with E-state index in [4.69, 9.17) is 9.98 Å². The highest BCUT2D eigenvalue weighted by Crippen LogP contribution is 2.43. The van der Waals surface area contributed by atoms with Gasteiger partial charge in [0, 0.05) is 28.5 Å². The number of benzene rings is 5. The van der Waals surface area contributed by atoms with Crippen molar-refractivity contribution in [1.82, 2.24) is 4.98 Å². The molecule has 5 aromatic carbocycles. The molecule has 6 aromatic rings. The van der Waals surface area contributed by atoms with Crippen molar-refractivity contribution in [3.63, 3.8) is 0 Å². The van der Waals surface area contributed by atoms with Crippen molar-refractivity contribution < 1.29 is 5.11 Å². The first-order valence-electron chi connectivity index (χ1n) is 18.5. The van der Waals surface area contributed by atoms with Gasteiger partial charge in [-0.3, -0.25) is 4.99 Å². The fourth-order valence-corrected chi connectivity index (χ4v) is 7.72. The maximum atomic E-state index is 11.4. The number of hydrogen-bond acceptors (Lipinski definition) is 4. The predicted molar refractivity (Wildman–Crippen MR) is 226 cm³/mol. The van der Waals surface area contributed by atoms with Crippen LogP contribution in [-0.4, -0.2) is 16.3 Å². The molecule has 0 spiro atoms. The van der Waals surface area contributed by atoms with Crippen LogP contribution in [0.5, 0.6) is 5.75 Å². The molecule has 0 radical (unpaired) electrons.